The second kappa shape index (κ2) is 6.97. The molecule has 19 heavy (non-hydrogen) atoms. The maximum absolute atomic E-state index is 13.3. The number of nitrogens with two attached hydrogens (primary N) is 1. The average molecular weight is 260 g/mol. The molecule has 0 aromatic heterocycles. The van der Waals surface area contributed by atoms with Gasteiger partial charge in [-0.3, -0.25) is 4.79 Å². The van der Waals surface area contributed by atoms with Gasteiger partial charge in [-0.2, -0.15) is 10.5 Å². The first kappa shape index (κ1) is 14.5. The van der Waals surface area contributed by atoms with Crippen molar-refractivity contribution in [1.82, 2.24) is 4.90 Å². The highest BCUT2D eigenvalue weighted by Crippen LogP contribution is 2.18. The van der Waals surface area contributed by atoms with E-state index in [0.29, 0.717) is 0 Å². The number of nitrogen functional groups attached to an aromatic ring is 1. The Bertz CT molecular complexity index is 527. The molecule has 1 amide bonds. The smallest absolute Gasteiger partial charge is 0.256 e. The van der Waals surface area contributed by atoms with Crippen molar-refractivity contribution in [2.75, 3.05) is 18.8 Å². The van der Waals surface area contributed by atoms with Gasteiger partial charge in [-0.15, -0.1) is 0 Å². The number of benzene rings is 1. The molecule has 0 saturated heterocycles. The van der Waals surface area contributed by atoms with Gasteiger partial charge >= 0.3 is 0 Å². The number of carbonyl (C=O) groups excluding carboxylic acids is 1. The maximum Gasteiger partial charge on any atom is 0.256 e. The van der Waals surface area contributed by atoms with Crippen LogP contribution in [-0.2, 0) is 0 Å². The molecule has 0 heterocycles. The van der Waals surface area contributed by atoms with E-state index in [1.807, 2.05) is 12.1 Å². The van der Waals surface area contributed by atoms with Gasteiger partial charge in [-0.1, -0.05) is 6.07 Å². The number of halogens is 1. The van der Waals surface area contributed by atoms with Gasteiger partial charge in [0.05, 0.1) is 36.2 Å². The molecular formula is C13H13FN4O. The van der Waals surface area contributed by atoms with Gasteiger partial charge in [-0.05, 0) is 12.1 Å². The quantitative estimate of drug-likeness (QED) is 0.815. The Morgan fingerprint density at radius 2 is 1.84 bits per heavy atom. The summed E-state index contributed by atoms with van der Waals surface area (Å²) in [7, 11) is 0. The molecule has 1 aromatic carbocycles. The summed E-state index contributed by atoms with van der Waals surface area (Å²) in [5.41, 5.74) is 5.36. The van der Waals surface area contributed by atoms with Gasteiger partial charge in [0.15, 0.2) is 0 Å². The first-order valence-electron chi connectivity index (χ1n) is 5.69. The highest BCUT2D eigenvalue weighted by molar-refractivity contribution is 5.99. The number of hydrogen-bond donors (Lipinski definition) is 1. The number of carbonyl (C=O) groups is 1. The van der Waals surface area contributed by atoms with Crippen LogP contribution in [0.25, 0.3) is 0 Å². The van der Waals surface area contributed by atoms with Gasteiger partial charge in [0.1, 0.15) is 5.82 Å². The Morgan fingerprint density at radius 3 is 2.37 bits per heavy atom. The molecule has 0 aliphatic heterocycles. The van der Waals surface area contributed by atoms with Crippen LogP contribution in [0.3, 0.4) is 0 Å². The Labute approximate surface area is 110 Å². The largest absolute Gasteiger partial charge is 0.396 e. The minimum atomic E-state index is -0.661. The number of para-hydroxylation sites is 1. The molecule has 0 spiro atoms. The lowest BCUT2D eigenvalue weighted by molar-refractivity contribution is 0.0763. The molecule has 1 aromatic rings. The number of amides is 1. The fourth-order valence-electron chi connectivity index (χ4n) is 1.58. The lowest BCUT2D eigenvalue weighted by atomic mass is 10.1. The van der Waals surface area contributed by atoms with Crippen molar-refractivity contribution < 1.29 is 9.18 Å². The van der Waals surface area contributed by atoms with Crippen LogP contribution in [0, 0.1) is 28.5 Å². The monoisotopic (exact) mass is 260 g/mol. The standard InChI is InChI=1S/C13H13FN4O/c14-11-5-1-4-10(12(11)17)13(19)18(8-2-6-15)9-3-7-16/h1,4-5H,2-3,8-9,17H2. The van der Waals surface area contributed by atoms with E-state index < -0.39 is 11.7 Å². The zero-order valence-corrected chi connectivity index (χ0v) is 10.3. The SMILES string of the molecule is N#CCCN(CCC#N)C(=O)c1cccc(F)c1N. The third-order valence-corrected chi connectivity index (χ3v) is 2.56. The molecule has 0 aliphatic carbocycles. The maximum atomic E-state index is 13.3. The highest BCUT2D eigenvalue weighted by Gasteiger charge is 2.19. The van der Waals surface area contributed by atoms with E-state index in [1.54, 1.807) is 0 Å². The predicted molar refractivity (Wildman–Crippen MR) is 67.2 cm³/mol. The zero-order valence-electron chi connectivity index (χ0n) is 10.3. The van der Waals surface area contributed by atoms with E-state index in [1.165, 1.54) is 23.1 Å². The first-order chi connectivity index (χ1) is 9.11. The summed E-state index contributed by atoms with van der Waals surface area (Å²) < 4.78 is 13.3. The number of hydrogen-bond acceptors (Lipinski definition) is 4. The molecule has 6 heteroatoms. The first-order valence-corrected chi connectivity index (χ1v) is 5.69. The number of nitrogens with zero attached hydrogens (tertiary/aromatic N) is 3. The average Bonchev–Trinajstić information content (AvgIpc) is 2.41. The number of rotatable bonds is 5. The van der Waals surface area contributed by atoms with Gasteiger partial charge in [-0.25, -0.2) is 4.39 Å². The molecule has 0 bridgehead atoms. The third-order valence-electron chi connectivity index (χ3n) is 2.56. The van der Waals surface area contributed by atoms with E-state index in [4.69, 9.17) is 16.3 Å². The molecule has 5 nitrogen and oxygen atoms in total. The summed E-state index contributed by atoms with van der Waals surface area (Å²) in [6.45, 7) is 0.375. The summed E-state index contributed by atoms with van der Waals surface area (Å²) in [6, 6.07) is 7.83. The molecule has 0 unspecified atom stereocenters. The van der Waals surface area contributed by atoms with Crippen LogP contribution >= 0.6 is 0 Å². The molecule has 0 fully saturated rings. The van der Waals surface area contributed by atoms with Gasteiger partial charge in [0, 0.05) is 13.1 Å². The Morgan fingerprint density at radius 1 is 1.26 bits per heavy atom. The van der Waals surface area contributed by atoms with Crippen LogP contribution in [-0.4, -0.2) is 23.9 Å². The summed E-state index contributed by atoms with van der Waals surface area (Å²) in [5.74, 6) is -1.13. The molecule has 0 aliphatic rings. The highest BCUT2D eigenvalue weighted by atomic mass is 19.1. The normalized spacial score (nSPS) is 9.42. The van der Waals surface area contributed by atoms with Crippen molar-refractivity contribution in [3.8, 4) is 12.1 Å². The van der Waals surface area contributed by atoms with Crippen LogP contribution < -0.4 is 5.73 Å². The lowest BCUT2D eigenvalue weighted by Crippen LogP contribution is -2.33. The van der Waals surface area contributed by atoms with E-state index in [9.17, 15) is 9.18 Å². The van der Waals surface area contributed by atoms with Crippen molar-refractivity contribution in [2.24, 2.45) is 0 Å². The van der Waals surface area contributed by atoms with E-state index in [-0.39, 0.29) is 37.2 Å². The summed E-state index contributed by atoms with van der Waals surface area (Å²) in [4.78, 5) is 13.5. The number of anilines is 1. The molecule has 1 rings (SSSR count). The van der Waals surface area contributed by atoms with Gasteiger partial charge in [0.25, 0.3) is 5.91 Å². The molecule has 0 saturated carbocycles. The van der Waals surface area contributed by atoms with Crippen LogP contribution in [0.5, 0.6) is 0 Å². The fraction of sp³-hybridized carbons (Fsp3) is 0.308. The van der Waals surface area contributed by atoms with Crippen molar-refractivity contribution in [2.45, 2.75) is 12.8 Å². The zero-order chi connectivity index (χ0) is 14.3. The van der Waals surface area contributed by atoms with Gasteiger partial charge in [0.2, 0.25) is 0 Å². The molecule has 0 atom stereocenters. The summed E-state index contributed by atoms with van der Waals surface area (Å²) >= 11 is 0. The van der Waals surface area contributed by atoms with Crippen LogP contribution in [0.4, 0.5) is 10.1 Å². The van der Waals surface area contributed by atoms with E-state index in [2.05, 4.69) is 0 Å². The topological polar surface area (TPSA) is 93.9 Å². The molecular weight excluding hydrogens is 247 g/mol. The van der Waals surface area contributed by atoms with E-state index >= 15 is 0 Å². The second-order valence-electron chi connectivity index (χ2n) is 3.81. The van der Waals surface area contributed by atoms with Crippen molar-refractivity contribution in [3.63, 3.8) is 0 Å². The van der Waals surface area contributed by atoms with Crippen LogP contribution in [0.2, 0.25) is 0 Å². The fourth-order valence-corrected chi connectivity index (χ4v) is 1.58. The molecule has 2 N–H and O–H groups in total. The van der Waals surface area contributed by atoms with Gasteiger partial charge < -0.3 is 10.6 Å². The summed E-state index contributed by atoms with van der Waals surface area (Å²) in [5, 5.41) is 17.1. The lowest BCUT2D eigenvalue weighted by Gasteiger charge is -2.21. The minimum Gasteiger partial charge on any atom is -0.396 e. The predicted octanol–water partition coefficient (Wildman–Crippen LogP) is 1.68. The summed E-state index contributed by atoms with van der Waals surface area (Å²) in [6.07, 6.45) is 0.290. The second-order valence-corrected chi connectivity index (χ2v) is 3.81. The Balaban J connectivity index is 2.95. The minimum absolute atomic E-state index is 0.0517. The van der Waals surface area contributed by atoms with Crippen molar-refractivity contribution in [3.05, 3.63) is 29.6 Å². The number of nitriles is 2. The van der Waals surface area contributed by atoms with Crippen LogP contribution in [0.15, 0.2) is 18.2 Å². The van der Waals surface area contributed by atoms with Crippen LogP contribution in [0.1, 0.15) is 23.2 Å². The van der Waals surface area contributed by atoms with Crippen molar-refractivity contribution >= 4 is 11.6 Å². The van der Waals surface area contributed by atoms with Crippen molar-refractivity contribution in [1.29, 1.82) is 10.5 Å². The molecule has 98 valence electrons. The molecule has 0 radical (unpaired) electrons. The third kappa shape index (κ3) is 3.68. The van der Waals surface area contributed by atoms with E-state index in [0.717, 1.165) is 0 Å². The Kier molecular flexibility index (Phi) is 5.31. The Hall–Kier alpha value is -2.60.